The second-order valence-corrected chi connectivity index (χ2v) is 3.38. The van der Waals surface area contributed by atoms with Crippen molar-refractivity contribution in [2.75, 3.05) is 0 Å². The maximum absolute atomic E-state index is 4.16. The molecule has 0 atom stereocenters. The van der Waals surface area contributed by atoms with Crippen LogP contribution in [0.15, 0.2) is 30.5 Å². The molecule has 3 rings (SSSR count). The lowest BCUT2D eigenvalue weighted by molar-refractivity contribution is 0.630. The normalized spacial score (nSPS) is 11.0. The van der Waals surface area contributed by atoms with E-state index in [0.29, 0.717) is 5.82 Å². The van der Waals surface area contributed by atoms with Gasteiger partial charge >= 0.3 is 0 Å². The highest BCUT2D eigenvalue weighted by Gasteiger charge is 2.04. The summed E-state index contributed by atoms with van der Waals surface area (Å²) in [6.07, 6.45) is 1.92. The number of nitrogens with zero attached hydrogens (tertiary/aromatic N) is 4. The Hall–Kier alpha value is -2.17. The predicted molar refractivity (Wildman–Crippen MR) is 56.1 cm³/mol. The van der Waals surface area contributed by atoms with Crippen molar-refractivity contribution in [3.8, 4) is 11.4 Å². The average molecular weight is 199 g/mol. The fourth-order valence-corrected chi connectivity index (χ4v) is 1.59. The second kappa shape index (κ2) is 2.91. The fraction of sp³-hybridized carbons (Fsp3) is 0.100. The van der Waals surface area contributed by atoms with E-state index < -0.39 is 0 Å². The molecular formula is C10H9N5. The summed E-state index contributed by atoms with van der Waals surface area (Å²) in [7, 11) is 1.76. The Kier molecular flexibility index (Phi) is 1.58. The molecule has 0 fully saturated rings. The molecule has 3 aromatic rings. The van der Waals surface area contributed by atoms with Crippen molar-refractivity contribution >= 4 is 10.9 Å². The minimum absolute atomic E-state index is 0.653. The van der Waals surface area contributed by atoms with Gasteiger partial charge in [-0.05, 0) is 29.5 Å². The van der Waals surface area contributed by atoms with E-state index in [4.69, 9.17) is 0 Å². The molecule has 2 heterocycles. The van der Waals surface area contributed by atoms with Crippen LogP contribution in [0.4, 0.5) is 0 Å². The standard InChI is InChI=1S/C10H9N5/c1-15-13-10(12-14-15)8-2-3-9-7(6-8)4-5-11-9/h2-6,11H,1H3. The van der Waals surface area contributed by atoms with Crippen LogP contribution in [0.1, 0.15) is 0 Å². The van der Waals surface area contributed by atoms with E-state index in [-0.39, 0.29) is 0 Å². The molecule has 1 aromatic carbocycles. The zero-order valence-corrected chi connectivity index (χ0v) is 8.18. The summed E-state index contributed by atoms with van der Waals surface area (Å²) in [5.74, 6) is 0.653. The van der Waals surface area contributed by atoms with Crippen molar-refractivity contribution in [2.45, 2.75) is 0 Å². The number of nitrogens with one attached hydrogen (secondary N) is 1. The quantitative estimate of drug-likeness (QED) is 0.643. The van der Waals surface area contributed by atoms with Crippen LogP contribution in [0.25, 0.3) is 22.3 Å². The summed E-state index contributed by atoms with van der Waals surface area (Å²) in [4.78, 5) is 4.60. The van der Waals surface area contributed by atoms with Crippen LogP contribution in [0.3, 0.4) is 0 Å². The van der Waals surface area contributed by atoms with Crippen LogP contribution in [0.5, 0.6) is 0 Å². The molecule has 0 amide bonds. The first-order chi connectivity index (χ1) is 7.33. The Morgan fingerprint density at radius 2 is 2.20 bits per heavy atom. The maximum atomic E-state index is 4.16. The number of hydrogen-bond donors (Lipinski definition) is 1. The molecule has 0 aliphatic rings. The lowest BCUT2D eigenvalue weighted by Gasteiger charge is -1.94. The van der Waals surface area contributed by atoms with Crippen molar-refractivity contribution in [3.63, 3.8) is 0 Å². The highest BCUT2D eigenvalue weighted by Crippen LogP contribution is 2.20. The van der Waals surface area contributed by atoms with Crippen molar-refractivity contribution in [2.24, 2.45) is 7.05 Å². The van der Waals surface area contributed by atoms with E-state index in [0.717, 1.165) is 16.5 Å². The van der Waals surface area contributed by atoms with Crippen LogP contribution in [-0.2, 0) is 7.05 Å². The minimum atomic E-state index is 0.653. The van der Waals surface area contributed by atoms with E-state index >= 15 is 0 Å². The average Bonchev–Trinajstić information content (AvgIpc) is 2.84. The Balaban J connectivity index is 2.18. The number of hydrogen-bond acceptors (Lipinski definition) is 3. The van der Waals surface area contributed by atoms with Gasteiger partial charge in [0, 0.05) is 22.7 Å². The Bertz CT molecular complexity index is 607. The molecule has 5 nitrogen and oxygen atoms in total. The number of benzene rings is 1. The van der Waals surface area contributed by atoms with Crippen LogP contribution in [0, 0.1) is 0 Å². The first-order valence-corrected chi connectivity index (χ1v) is 4.64. The van der Waals surface area contributed by atoms with E-state index in [1.165, 1.54) is 4.80 Å². The second-order valence-electron chi connectivity index (χ2n) is 3.38. The zero-order chi connectivity index (χ0) is 10.3. The molecule has 74 valence electrons. The van der Waals surface area contributed by atoms with Gasteiger partial charge in [-0.25, -0.2) is 0 Å². The number of aromatic amines is 1. The maximum Gasteiger partial charge on any atom is 0.204 e. The van der Waals surface area contributed by atoms with Crippen molar-refractivity contribution < 1.29 is 0 Å². The molecule has 5 heteroatoms. The number of aryl methyl sites for hydroxylation is 1. The van der Waals surface area contributed by atoms with Crippen molar-refractivity contribution in [1.82, 2.24) is 25.2 Å². The van der Waals surface area contributed by atoms with Crippen molar-refractivity contribution in [3.05, 3.63) is 30.5 Å². The number of H-pyrrole nitrogens is 1. The molecule has 15 heavy (non-hydrogen) atoms. The monoisotopic (exact) mass is 199 g/mol. The highest BCUT2D eigenvalue weighted by atomic mass is 15.6. The van der Waals surface area contributed by atoms with Gasteiger partial charge < -0.3 is 4.98 Å². The van der Waals surface area contributed by atoms with E-state index in [1.807, 2.05) is 30.5 Å². The topological polar surface area (TPSA) is 59.4 Å². The molecule has 0 saturated carbocycles. The number of rotatable bonds is 1. The van der Waals surface area contributed by atoms with Crippen LogP contribution >= 0.6 is 0 Å². The largest absolute Gasteiger partial charge is 0.361 e. The number of fused-ring (bicyclic) bond motifs is 1. The third-order valence-corrected chi connectivity index (χ3v) is 2.32. The lowest BCUT2D eigenvalue weighted by atomic mass is 10.1. The van der Waals surface area contributed by atoms with Gasteiger partial charge in [-0.1, -0.05) is 0 Å². The highest BCUT2D eigenvalue weighted by molar-refractivity contribution is 5.83. The smallest absolute Gasteiger partial charge is 0.204 e. The fourth-order valence-electron chi connectivity index (χ4n) is 1.59. The molecule has 0 unspecified atom stereocenters. The molecule has 0 spiro atoms. The van der Waals surface area contributed by atoms with Gasteiger partial charge in [-0.2, -0.15) is 4.80 Å². The molecular weight excluding hydrogens is 190 g/mol. The Labute approximate surface area is 85.7 Å². The SMILES string of the molecule is Cn1nnc(-c2ccc3[nH]ccc3c2)n1. The lowest BCUT2D eigenvalue weighted by Crippen LogP contribution is -1.91. The predicted octanol–water partition coefficient (Wildman–Crippen LogP) is 1.36. The van der Waals surface area contributed by atoms with Gasteiger partial charge in [0.25, 0.3) is 0 Å². The van der Waals surface area contributed by atoms with Crippen molar-refractivity contribution in [1.29, 1.82) is 0 Å². The molecule has 0 aliphatic carbocycles. The van der Waals surface area contributed by atoms with Crippen LogP contribution in [-0.4, -0.2) is 25.2 Å². The molecule has 0 saturated heterocycles. The molecule has 0 radical (unpaired) electrons. The third-order valence-electron chi connectivity index (χ3n) is 2.32. The number of aromatic nitrogens is 5. The van der Waals surface area contributed by atoms with E-state index in [2.05, 4.69) is 20.4 Å². The zero-order valence-electron chi connectivity index (χ0n) is 8.18. The molecule has 1 N–H and O–H groups in total. The summed E-state index contributed by atoms with van der Waals surface area (Å²) in [5.41, 5.74) is 2.10. The van der Waals surface area contributed by atoms with E-state index in [9.17, 15) is 0 Å². The Morgan fingerprint density at radius 3 is 3.00 bits per heavy atom. The van der Waals surface area contributed by atoms with Gasteiger partial charge in [0.05, 0.1) is 7.05 Å². The first kappa shape index (κ1) is 8.16. The van der Waals surface area contributed by atoms with Gasteiger partial charge in [0.1, 0.15) is 0 Å². The van der Waals surface area contributed by atoms with Gasteiger partial charge in [-0.15, -0.1) is 10.2 Å². The van der Waals surface area contributed by atoms with Crippen LogP contribution in [0.2, 0.25) is 0 Å². The number of tetrazole rings is 1. The molecule has 2 aromatic heterocycles. The summed E-state index contributed by atoms with van der Waals surface area (Å²) in [6.45, 7) is 0. The third kappa shape index (κ3) is 1.28. The molecule has 0 aliphatic heterocycles. The molecule has 0 bridgehead atoms. The van der Waals surface area contributed by atoms with Gasteiger partial charge in [0.15, 0.2) is 0 Å². The van der Waals surface area contributed by atoms with Crippen LogP contribution < -0.4 is 0 Å². The van der Waals surface area contributed by atoms with Gasteiger partial charge in [0.2, 0.25) is 5.82 Å². The first-order valence-electron chi connectivity index (χ1n) is 4.64. The Morgan fingerprint density at radius 1 is 1.27 bits per heavy atom. The summed E-state index contributed by atoms with van der Waals surface area (Å²) in [5, 5.41) is 13.1. The van der Waals surface area contributed by atoms with Gasteiger partial charge in [-0.3, -0.25) is 0 Å². The summed E-state index contributed by atoms with van der Waals surface area (Å²) < 4.78 is 0. The minimum Gasteiger partial charge on any atom is -0.361 e. The van der Waals surface area contributed by atoms with E-state index in [1.54, 1.807) is 7.05 Å². The summed E-state index contributed by atoms with van der Waals surface area (Å²) >= 11 is 0. The summed E-state index contributed by atoms with van der Waals surface area (Å²) in [6, 6.07) is 8.06.